The van der Waals surface area contributed by atoms with E-state index < -0.39 is 0 Å². The van der Waals surface area contributed by atoms with Crippen LogP contribution in [-0.4, -0.2) is 60.5 Å². The van der Waals surface area contributed by atoms with Crippen molar-refractivity contribution in [2.75, 3.05) is 32.8 Å². The van der Waals surface area contributed by atoms with Crippen LogP contribution in [0, 0.1) is 0 Å². The van der Waals surface area contributed by atoms with E-state index in [1.165, 1.54) is 0 Å². The fraction of sp³-hybridized carbons (Fsp3) is 0.500. The summed E-state index contributed by atoms with van der Waals surface area (Å²) in [5.41, 5.74) is 0.474. The molecule has 0 radical (unpaired) electrons. The summed E-state index contributed by atoms with van der Waals surface area (Å²) in [6.45, 7) is 2.71. The third kappa shape index (κ3) is 3.79. The number of ether oxygens (including phenoxy) is 1. The van der Waals surface area contributed by atoms with Gasteiger partial charge in [-0.1, -0.05) is 23.2 Å². The molecule has 2 aliphatic rings. The molecule has 124 valence electrons. The Kier molecular flexibility index (Phi) is 5.09. The second-order valence-electron chi connectivity index (χ2n) is 5.78. The van der Waals surface area contributed by atoms with Gasteiger partial charge in [0.05, 0.1) is 0 Å². The monoisotopic (exact) mass is 356 g/mol. The molecule has 0 aliphatic carbocycles. The molecule has 0 unspecified atom stereocenters. The number of halogens is 2. The summed E-state index contributed by atoms with van der Waals surface area (Å²) < 4.78 is 5.44. The lowest BCUT2D eigenvalue weighted by atomic mass is 10.1. The van der Waals surface area contributed by atoms with Crippen LogP contribution < -0.4 is 0 Å². The van der Waals surface area contributed by atoms with Gasteiger partial charge in [-0.2, -0.15) is 0 Å². The molecule has 0 saturated carbocycles. The average Bonchev–Trinajstić information content (AvgIpc) is 3.07. The molecule has 2 saturated heterocycles. The number of carbonyl (C=O) groups excluding carboxylic acids is 2. The zero-order valence-corrected chi connectivity index (χ0v) is 14.1. The topological polar surface area (TPSA) is 49.9 Å². The number of rotatable bonds is 2. The summed E-state index contributed by atoms with van der Waals surface area (Å²) >= 11 is 11.9. The Morgan fingerprint density at radius 1 is 1.00 bits per heavy atom. The molecule has 0 bridgehead atoms. The first-order chi connectivity index (χ1) is 11.0. The quantitative estimate of drug-likeness (QED) is 0.817. The number of piperazine rings is 1. The average molecular weight is 357 g/mol. The highest BCUT2D eigenvalue weighted by molar-refractivity contribution is 6.35. The smallest absolute Gasteiger partial charge is 0.254 e. The van der Waals surface area contributed by atoms with Gasteiger partial charge in [0.2, 0.25) is 0 Å². The molecular weight excluding hydrogens is 339 g/mol. The lowest BCUT2D eigenvalue weighted by molar-refractivity contribution is -0.142. The van der Waals surface area contributed by atoms with E-state index in [0.29, 0.717) is 48.4 Å². The molecule has 2 fully saturated rings. The molecule has 1 atom stereocenters. The molecule has 2 aliphatic heterocycles. The van der Waals surface area contributed by atoms with Crippen LogP contribution in [0.5, 0.6) is 0 Å². The van der Waals surface area contributed by atoms with Crippen molar-refractivity contribution in [1.82, 2.24) is 9.80 Å². The van der Waals surface area contributed by atoms with Gasteiger partial charge in [0.1, 0.15) is 6.10 Å². The highest BCUT2D eigenvalue weighted by Gasteiger charge is 2.31. The number of benzene rings is 1. The molecule has 2 amide bonds. The zero-order chi connectivity index (χ0) is 16.4. The normalized spacial score (nSPS) is 21.6. The first-order valence-corrected chi connectivity index (χ1v) is 8.46. The Morgan fingerprint density at radius 3 is 2.17 bits per heavy atom. The Bertz CT molecular complexity index is 589. The van der Waals surface area contributed by atoms with Crippen LogP contribution in [0.25, 0.3) is 0 Å². The van der Waals surface area contributed by atoms with Crippen LogP contribution in [-0.2, 0) is 9.53 Å². The predicted octanol–water partition coefficient (Wildman–Crippen LogP) is 2.46. The number of hydrogen-bond donors (Lipinski definition) is 0. The summed E-state index contributed by atoms with van der Waals surface area (Å²) in [6.07, 6.45) is 1.42. The van der Waals surface area contributed by atoms with E-state index >= 15 is 0 Å². The van der Waals surface area contributed by atoms with Crippen molar-refractivity contribution in [3.8, 4) is 0 Å². The predicted molar refractivity (Wildman–Crippen MR) is 87.9 cm³/mol. The van der Waals surface area contributed by atoms with Gasteiger partial charge in [-0.05, 0) is 31.0 Å². The molecule has 5 nitrogen and oxygen atoms in total. The summed E-state index contributed by atoms with van der Waals surface area (Å²) in [6, 6.07) is 4.82. The van der Waals surface area contributed by atoms with E-state index in [2.05, 4.69) is 0 Å². The minimum absolute atomic E-state index is 0.0420. The van der Waals surface area contributed by atoms with Crippen molar-refractivity contribution < 1.29 is 14.3 Å². The van der Waals surface area contributed by atoms with Crippen LogP contribution in [0.15, 0.2) is 18.2 Å². The molecule has 0 spiro atoms. The van der Waals surface area contributed by atoms with Gasteiger partial charge in [0.15, 0.2) is 0 Å². The molecule has 0 N–H and O–H groups in total. The fourth-order valence-electron chi connectivity index (χ4n) is 2.97. The molecule has 1 aromatic rings. The van der Waals surface area contributed by atoms with E-state index in [-0.39, 0.29) is 17.9 Å². The minimum atomic E-state index is -0.302. The summed E-state index contributed by atoms with van der Waals surface area (Å²) in [7, 11) is 0. The second-order valence-corrected chi connectivity index (χ2v) is 6.65. The van der Waals surface area contributed by atoms with Gasteiger partial charge >= 0.3 is 0 Å². The molecule has 7 heteroatoms. The van der Waals surface area contributed by atoms with E-state index in [0.717, 1.165) is 12.8 Å². The molecule has 2 heterocycles. The maximum atomic E-state index is 12.5. The van der Waals surface area contributed by atoms with Crippen molar-refractivity contribution in [3.63, 3.8) is 0 Å². The zero-order valence-electron chi connectivity index (χ0n) is 12.6. The van der Waals surface area contributed by atoms with E-state index in [1.807, 2.05) is 0 Å². The summed E-state index contributed by atoms with van der Waals surface area (Å²) in [5.74, 6) is -0.0704. The maximum Gasteiger partial charge on any atom is 0.254 e. The SMILES string of the molecule is O=C(c1cc(Cl)cc(Cl)c1)N1CCN(C(=O)[C@@H]2CCCO2)CC1. The van der Waals surface area contributed by atoms with Crippen molar-refractivity contribution in [3.05, 3.63) is 33.8 Å². The highest BCUT2D eigenvalue weighted by atomic mass is 35.5. The number of amides is 2. The van der Waals surface area contributed by atoms with Gasteiger partial charge in [-0.3, -0.25) is 9.59 Å². The highest BCUT2D eigenvalue weighted by Crippen LogP contribution is 2.21. The van der Waals surface area contributed by atoms with Crippen molar-refractivity contribution in [2.24, 2.45) is 0 Å². The first-order valence-electron chi connectivity index (χ1n) is 7.70. The van der Waals surface area contributed by atoms with Crippen LogP contribution in [0.4, 0.5) is 0 Å². The Labute approximate surface area is 145 Å². The van der Waals surface area contributed by atoms with Crippen LogP contribution in [0.2, 0.25) is 10.0 Å². The molecule has 3 rings (SSSR count). The summed E-state index contributed by atoms with van der Waals surface area (Å²) in [4.78, 5) is 28.3. The lowest BCUT2D eigenvalue weighted by Gasteiger charge is -2.35. The Morgan fingerprint density at radius 2 is 1.61 bits per heavy atom. The van der Waals surface area contributed by atoms with Crippen molar-refractivity contribution in [2.45, 2.75) is 18.9 Å². The standard InChI is InChI=1S/C16H18Cl2N2O3/c17-12-8-11(9-13(18)10-12)15(21)19-3-5-20(6-4-19)16(22)14-2-1-7-23-14/h8-10,14H,1-7H2/t14-/m0/s1. The lowest BCUT2D eigenvalue weighted by Crippen LogP contribution is -2.52. The van der Waals surface area contributed by atoms with Crippen LogP contribution in [0.3, 0.4) is 0 Å². The van der Waals surface area contributed by atoms with E-state index in [4.69, 9.17) is 27.9 Å². The second kappa shape index (κ2) is 7.07. The third-order valence-electron chi connectivity index (χ3n) is 4.19. The fourth-order valence-corrected chi connectivity index (χ4v) is 3.49. The third-order valence-corrected chi connectivity index (χ3v) is 4.63. The van der Waals surface area contributed by atoms with Crippen LogP contribution >= 0.6 is 23.2 Å². The van der Waals surface area contributed by atoms with E-state index in [1.54, 1.807) is 28.0 Å². The first kappa shape index (κ1) is 16.6. The largest absolute Gasteiger partial charge is 0.368 e. The summed E-state index contributed by atoms with van der Waals surface area (Å²) in [5, 5.41) is 0.876. The van der Waals surface area contributed by atoms with Crippen molar-refractivity contribution in [1.29, 1.82) is 0 Å². The Balaban J connectivity index is 1.59. The minimum Gasteiger partial charge on any atom is -0.368 e. The van der Waals surface area contributed by atoms with Crippen LogP contribution in [0.1, 0.15) is 23.2 Å². The molecule has 23 heavy (non-hydrogen) atoms. The van der Waals surface area contributed by atoms with Gasteiger partial charge in [0.25, 0.3) is 11.8 Å². The molecular formula is C16H18Cl2N2O3. The van der Waals surface area contributed by atoms with Gasteiger partial charge in [-0.15, -0.1) is 0 Å². The Hall–Kier alpha value is -1.30. The number of hydrogen-bond acceptors (Lipinski definition) is 3. The van der Waals surface area contributed by atoms with Crippen molar-refractivity contribution >= 4 is 35.0 Å². The van der Waals surface area contributed by atoms with Gasteiger partial charge in [-0.25, -0.2) is 0 Å². The van der Waals surface area contributed by atoms with E-state index in [9.17, 15) is 9.59 Å². The van der Waals surface area contributed by atoms with Gasteiger partial charge < -0.3 is 14.5 Å². The number of nitrogens with zero attached hydrogens (tertiary/aromatic N) is 2. The maximum absolute atomic E-state index is 12.5. The molecule has 1 aromatic carbocycles. The van der Waals surface area contributed by atoms with Gasteiger partial charge in [0, 0.05) is 48.4 Å². The molecule has 0 aromatic heterocycles. The number of carbonyl (C=O) groups is 2.